The molecule has 3 amide bonds. The lowest BCUT2D eigenvalue weighted by Crippen LogP contribution is -2.51. The summed E-state index contributed by atoms with van der Waals surface area (Å²) in [6.45, 7) is 4.34. The van der Waals surface area contributed by atoms with Gasteiger partial charge in [-0.15, -0.1) is 0 Å². The highest BCUT2D eigenvalue weighted by atomic mass is 16.7. The van der Waals surface area contributed by atoms with Crippen LogP contribution >= 0.6 is 0 Å². The second kappa shape index (κ2) is 8.26. The van der Waals surface area contributed by atoms with E-state index in [1.54, 1.807) is 0 Å². The molecule has 2 aromatic carbocycles. The number of ketones is 1. The third-order valence-corrected chi connectivity index (χ3v) is 7.63. The van der Waals surface area contributed by atoms with Crippen LogP contribution in [0.4, 0.5) is 4.79 Å². The SMILES string of the molecule is Cc1cc(C(=O)CN2C(=O)N[C@@]3(CCc4ccccc4C3)C2=O)c(C)n1Cc1ccc2c(c1)OCO2. The number of aryl methyl sites for hydroxylation is 2. The lowest BCUT2D eigenvalue weighted by atomic mass is 9.78. The Morgan fingerprint density at radius 1 is 1.03 bits per heavy atom. The van der Waals surface area contributed by atoms with E-state index in [0.717, 1.165) is 33.2 Å². The molecule has 0 bridgehead atoms. The van der Waals surface area contributed by atoms with Crippen LogP contribution in [0.2, 0.25) is 0 Å². The van der Waals surface area contributed by atoms with E-state index in [4.69, 9.17) is 9.47 Å². The zero-order chi connectivity index (χ0) is 25.0. The van der Waals surface area contributed by atoms with Gasteiger partial charge in [-0.3, -0.25) is 14.5 Å². The number of hydrogen-bond donors (Lipinski definition) is 1. The zero-order valence-corrected chi connectivity index (χ0v) is 20.3. The molecule has 0 radical (unpaired) electrons. The van der Waals surface area contributed by atoms with Gasteiger partial charge in [0.05, 0.1) is 6.54 Å². The van der Waals surface area contributed by atoms with Crippen molar-refractivity contribution in [2.45, 2.75) is 45.2 Å². The van der Waals surface area contributed by atoms with Crippen LogP contribution in [0.15, 0.2) is 48.5 Å². The van der Waals surface area contributed by atoms with Gasteiger partial charge in [0, 0.05) is 29.9 Å². The van der Waals surface area contributed by atoms with Gasteiger partial charge < -0.3 is 19.4 Å². The van der Waals surface area contributed by atoms with E-state index in [2.05, 4.69) is 16.0 Å². The van der Waals surface area contributed by atoms with Crippen molar-refractivity contribution in [1.82, 2.24) is 14.8 Å². The highest BCUT2D eigenvalue weighted by molar-refractivity contribution is 6.11. The van der Waals surface area contributed by atoms with Crippen molar-refractivity contribution in [2.75, 3.05) is 13.3 Å². The van der Waals surface area contributed by atoms with Crippen molar-refractivity contribution >= 4 is 17.7 Å². The van der Waals surface area contributed by atoms with Crippen molar-refractivity contribution in [3.8, 4) is 11.5 Å². The monoisotopic (exact) mass is 485 g/mol. The topological polar surface area (TPSA) is 89.9 Å². The van der Waals surface area contributed by atoms with Crippen LogP contribution in [0.1, 0.15) is 44.9 Å². The molecule has 1 spiro atoms. The predicted molar refractivity (Wildman–Crippen MR) is 131 cm³/mol. The minimum absolute atomic E-state index is 0.218. The number of nitrogens with one attached hydrogen (secondary N) is 1. The summed E-state index contributed by atoms with van der Waals surface area (Å²) in [6.07, 6.45) is 1.69. The van der Waals surface area contributed by atoms with E-state index in [-0.39, 0.29) is 25.0 Å². The first-order chi connectivity index (χ1) is 17.3. The van der Waals surface area contributed by atoms with Crippen LogP contribution in [-0.4, -0.2) is 46.1 Å². The Labute approximate surface area is 208 Å². The number of fused-ring (bicyclic) bond motifs is 2. The molecule has 1 saturated heterocycles. The first-order valence-corrected chi connectivity index (χ1v) is 12.1. The lowest BCUT2D eigenvalue weighted by Gasteiger charge is -2.32. The molecule has 1 fully saturated rings. The van der Waals surface area contributed by atoms with E-state index < -0.39 is 11.6 Å². The fourth-order valence-corrected chi connectivity index (χ4v) is 5.62. The number of Topliss-reactive ketones (excluding diaryl/α,β-unsaturated/α-hetero) is 1. The quantitative estimate of drug-likeness (QED) is 0.441. The van der Waals surface area contributed by atoms with Crippen LogP contribution in [0.5, 0.6) is 11.5 Å². The predicted octanol–water partition coefficient (Wildman–Crippen LogP) is 3.54. The maximum Gasteiger partial charge on any atom is 0.325 e. The molecule has 36 heavy (non-hydrogen) atoms. The Morgan fingerprint density at radius 2 is 1.81 bits per heavy atom. The van der Waals surface area contributed by atoms with Gasteiger partial charge in [0.2, 0.25) is 6.79 Å². The highest BCUT2D eigenvalue weighted by Gasteiger charge is 2.52. The zero-order valence-electron chi connectivity index (χ0n) is 20.3. The third kappa shape index (κ3) is 3.56. The van der Waals surface area contributed by atoms with E-state index in [9.17, 15) is 14.4 Å². The second-order valence-electron chi connectivity index (χ2n) is 9.83. The minimum Gasteiger partial charge on any atom is -0.454 e. The van der Waals surface area contributed by atoms with Gasteiger partial charge in [0.25, 0.3) is 5.91 Å². The van der Waals surface area contributed by atoms with Gasteiger partial charge in [-0.2, -0.15) is 0 Å². The lowest BCUT2D eigenvalue weighted by molar-refractivity contribution is -0.131. The summed E-state index contributed by atoms with van der Waals surface area (Å²) in [7, 11) is 0. The van der Waals surface area contributed by atoms with E-state index in [0.29, 0.717) is 37.1 Å². The number of hydrogen-bond acceptors (Lipinski definition) is 5. The summed E-state index contributed by atoms with van der Waals surface area (Å²) in [5, 5.41) is 2.91. The first-order valence-electron chi connectivity index (χ1n) is 12.1. The van der Waals surface area contributed by atoms with Crippen LogP contribution in [0.3, 0.4) is 0 Å². The van der Waals surface area contributed by atoms with Gasteiger partial charge >= 0.3 is 6.03 Å². The molecular formula is C28H27N3O5. The van der Waals surface area contributed by atoms with Crippen molar-refractivity contribution in [3.63, 3.8) is 0 Å². The first kappa shape index (κ1) is 22.4. The maximum atomic E-state index is 13.4. The van der Waals surface area contributed by atoms with Gasteiger partial charge in [-0.25, -0.2) is 4.79 Å². The number of benzene rings is 2. The summed E-state index contributed by atoms with van der Waals surface area (Å²) in [4.78, 5) is 40.7. The molecule has 184 valence electrons. The molecule has 1 aliphatic carbocycles. The number of imide groups is 1. The van der Waals surface area contributed by atoms with Gasteiger partial charge in [-0.05, 0) is 61.6 Å². The summed E-state index contributed by atoms with van der Waals surface area (Å²) in [5.41, 5.74) is 4.56. The molecule has 3 aliphatic rings. The average molecular weight is 486 g/mol. The van der Waals surface area contributed by atoms with Crippen LogP contribution < -0.4 is 14.8 Å². The number of nitrogens with zero attached hydrogens (tertiary/aromatic N) is 2. The fraction of sp³-hybridized carbons (Fsp3) is 0.321. The van der Waals surface area contributed by atoms with Gasteiger partial charge in [-0.1, -0.05) is 30.3 Å². The Morgan fingerprint density at radius 3 is 2.64 bits per heavy atom. The Bertz CT molecular complexity index is 1420. The average Bonchev–Trinajstić information content (AvgIpc) is 3.51. The van der Waals surface area contributed by atoms with Crippen molar-refractivity contribution < 1.29 is 23.9 Å². The Kier molecular flexibility index (Phi) is 5.14. The molecule has 3 aromatic rings. The highest BCUT2D eigenvalue weighted by Crippen LogP contribution is 2.35. The fourth-order valence-electron chi connectivity index (χ4n) is 5.62. The Hall–Kier alpha value is -4.07. The normalized spacial score (nSPS) is 20.1. The van der Waals surface area contributed by atoms with Crippen molar-refractivity contribution in [3.05, 3.63) is 82.2 Å². The van der Waals surface area contributed by atoms with Crippen LogP contribution in [0, 0.1) is 13.8 Å². The molecular weight excluding hydrogens is 458 g/mol. The molecule has 1 atom stereocenters. The standard InChI is InChI=1S/C28H27N3O5/c1-17-11-22(18(2)30(17)14-19-7-8-24-25(12-19)36-16-35-24)23(32)15-31-26(33)28(29-27(31)34)10-9-20-5-3-4-6-21(20)13-28/h3-8,11-12H,9-10,13-16H2,1-2H3,(H,29,34)/t28-/m1/s1. The number of aromatic nitrogens is 1. The molecule has 3 heterocycles. The molecule has 8 nitrogen and oxygen atoms in total. The summed E-state index contributed by atoms with van der Waals surface area (Å²) < 4.78 is 12.9. The number of rotatable bonds is 5. The molecule has 1 N–H and O–H groups in total. The molecule has 8 heteroatoms. The van der Waals surface area contributed by atoms with Crippen molar-refractivity contribution in [2.24, 2.45) is 0 Å². The number of carbonyl (C=O) groups excluding carboxylic acids is 3. The van der Waals surface area contributed by atoms with E-state index >= 15 is 0 Å². The van der Waals surface area contributed by atoms with E-state index in [1.807, 2.05) is 56.3 Å². The molecule has 0 saturated carbocycles. The number of amides is 3. The molecule has 2 aliphatic heterocycles. The van der Waals surface area contributed by atoms with Crippen LogP contribution in [0.25, 0.3) is 0 Å². The largest absolute Gasteiger partial charge is 0.454 e. The second-order valence-corrected chi connectivity index (χ2v) is 9.83. The minimum atomic E-state index is -0.970. The smallest absolute Gasteiger partial charge is 0.325 e. The number of ether oxygens (including phenoxy) is 2. The number of carbonyl (C=O) groups is 3. The molecule has 6 rings (SSSR count). The number of urea groups is 1. The molecule has 0 unspecified atom stereocenters. The summed E-state index contributed by atoms with van der Waals surface area (Å²) >= 11 is 0. The van der Waals surface area contributed by atoms with E-state index in [1.165, 1.54) is 5.56 Å². The molecule has 1 aromatic heterocycles. The third-order valence-electron chi connectivity index (χ3n) is 7.63. The van der Waals surface area contributed by atoms with Crippen molar-refractivity contribution in [1.29, 1.82) is 0 Å². The summed E-state index contributed by atoms with van der Waals surface area (Å²) in [6, 6.07) is 15.1. The van der Waals surface area contributed by atoms with Gasteiger partial charge in [0.15, 0.2) is 17.3 Å². The maximum absolute atomic E-state index is 13.4. The van der Waals surface area contributed by atoms with Gasteiger partial charge in [0.1, 0.15) is 5.54 Å². The Balaban J connectivity index is 1.20. The summed E-state index contributed by atoms with van der Waals surface area (Å²) in [5.74, 6) is 0.869. The van der Waals surface area contributed by atoms with Crippen LogP contribution in [-0.2, 0) is 24.2 Å².